The smallest absolute Gasteiger partial charge is 0.274 e. The Balaban J connectivity index is 2.11. The van der Waals surface area contributed by atoms with Gasteiger partial charge in [-0.1, -0.05) is 30.3 Å². The van der Waals surface area contributed by atoms with Gasteiger partial charge in [-0.05, 0) is 23.8 Å². The average molecular weight is 309 g/mol. The molecule has 1 aromatic heterocycles. The summed E-state index contributed by atoms with van der Waals surface area (Å²) in [4.78, 5) is 28.7. The fourth-order valence-electron chi connectivity index (χ4n) is 2.55. The minimum absolute atomic E-state index is 0.130. The molecule has 3 aromatic rings. The quantitative estimate of drug-likeness (QED) is 0.569. The number of benzene rings is 2. The molecule has 2 aromatic carbocycles. The fraction of sp³-hybridized carbons (Fsp3) is 0.118. The van der Waals surface area contributed by atoms with Gasteiger partial charge in [0.05, 0.1) is 10.9 Å². The van der Waals surface area contributed by atoms with Crippen molar-refractivity contribution < 1.29 is 10.0 Å². The molecule has 6 heteroatoms. The van der Waals surface area contributed by atoms with Crippen molar-refractivity contribution in [3.05, 3.63) is 75.8 Å². The van der Waals surface area contributed by atoms with E-state index in [1.807, 2.05) is 6.07 Å². The highest BCUT2D eigenvalue weighted by Gasteiger charge is 2.14. The number of nitrogens with one attached hydrogen (secondary N) is 1. The predicted molar refractivity (Wildman–Crippen MR) is 85.5 cm³/mol. The summed E-state index contributed by atoms with van der Waals surface area (Å²) in [5.41, 5.74) is 3.15. The molecule has 0 saturated heterocycles. The highest BCUT2D eigenvalue weighted by Crippen LogP contribution is 2.14. The van der Waals surface area contributed by atoms with Gasteiger partial charge >= 0.3 is 0 Å². The Labute approximate surface area is 132 Å². The van der Waals surface area contributed by atoms with E-state index in [2.05, 4.69) is 4.98 Å². The van der Waals surface area contributed by atoms with Crippen LogP contribution in [0.25, 0.3) is 10.9 Å². The van der Waals surface area contributed by atoms with Crippen molar-refractivity contribution in [2.45, 2.75) is 6.42 Å². The summed E-state index contributed by atoms with van der Waals surface area (Å²) in [7, 11) is 1.66. The molecule has 0 radical (unpaired) electrons. The Morgan fingerprint density at radius 1 is 1.17 bits per heavy atom. The zero-order valence-electron chi connectivity index (χ0n) is 12.5. The molecule has 116 valence electrons. The second-order valence-electron chi connectivity index (χ2n) is 5.18. The van der Waals surface area contributed by atoms with Crippen LogP contribution >= 0.6 is 0 Å². The Hall–Kier alpha value is -2.99. The van der Waals surface area contributed by atoms with Crippen LogP contribution in [0.15, 0.2) is 53.3 Å². The van der Waals surface area contributed by atoms with Crippen LogP contribution in [0.4, 0.5) is 0 Å². The first-order valence-corrected chi connectivity index (χ1v) is 7.09. The molecule has 0 spiro atoms. The van der Waals surface area contributed by atoms with E-state index in [0.29, 0.717) is 34.3 Å². The lowest BCUT2D eigenvalue weighted by molar-refractivity contribution is 0.0705. The van der Waals surface area contributed by atoms with Crippen LogP contribution in [0.1, 0.15) is 21.7 Å². The van der Waals surface area contributed by atoms with Crippen LogP contribution < -0.4 is 11.0 Å². The molecule has 0 unspecified atom stereocenters. The van der Waals surface area contributed by atoms with Gasteiger partial charge in [0, 0.05) is 19.0 Å². The third kappa shape index (κ3) is 2.72. The van der Waals surface area contributed by atoms with Crippen molar-refractivity contribution in [1.29, 1.82) is 0 Å². The standard InChI is InChI=1S/C17H15N3O3/c1-20-15(18-14-9-5-4-8-13(14)17(20)22)10-11-6-2-3-7-12(11)16(21)19-23/h2-9,23H,10H2,1H3,(H,19,21). The first kappa shape index (κ1) is 14.9. The highest BCUT2D eigenvalue weighted by atomic mass is 16.5. The summed E-state index contributed by atoms with van der Waals surface area (Å²) in [6.45, 7) is 0. The fourth-order valence-corrected chi connectivity index (χ4v) is 2.55. The van der Waals surface area contributed by atoms with E-state index in [0.717, 1.165) is 0 Å². The van der Waals surface area contributed by atoms with Gasteiger partial charge in [-0.15, -0.1) is 0 Å². The van der Waals surface area contributed by atoms with Crippen molar-refractivity contribution in [2.24, 2.45) is 7.05 Å². The molecule has 0 atom stereocenters. The van der Waals surface area contributed by atoms with E-state index < -0.39 is 5.91 Å². The molecule has 0 aliphatic heterocycles. The molecule has 3 rings (SSSR count). The third-order valence-corrected chi connectivity index (χ3v) is 3.79. The van der Waals surface area contributed by atoms with Crippen LogP contribution in [0, 0.1) is 0 Å². The molecule has 1 heterocycles. The second kappa shape index (κ2) is 6.02. The van der Waals surface area contributed by atoms with Crippen LogP contribution in [0.5, 0.6) is 0 Å². The molecular weight excluding hydrogens is 294 g/mol. The number of amides is 1. The van der Waals surface area contributed by atoms with E-state index in [-0.39, 0.29) is 5.56 Å². The summed E-state index contributed by atoms with van der Waals surface area (Å²) in [6.07, 6.45) is 0.306. The number of hydrogen-bond donors (Lipinski definition) is 2. The van der Waals surface area contributed by atoms with Crippen LogP contribution in [-0.4, -0.2) is 20.7 Å². The average Bonchev–Trinajstić information content (AvgIpc) is 2.59. The number of carbonyl (C=O) groups excluding carboxylic acids is 1. The van der Waals surface area contributed by atoms with Gasteiger partial charge in [-0.25, -0.2) is 10.5 Å². The van der Waals surface area contributed by atoms with Gasteiger partial charge in [0.15, 0.2) is 0 Å². The van der Waals surface area contributed by atoms with Gasteiger partial charge < -0.3 is 0 Å². The number of rotatable bonds is 3. The van der Waals surface area contributed by atoms with Gasteiger partial charge in [0.25, 0.3) is 11.5 Å². The summed E-state index contributed by atoms with van der Waals surface area (Å²) in [6, 6.07) is 14.0. The number of fused-ring (bicyclic) bond motifs is 1. The van der Waals surface area contributed by atoms with Crippen molar-refractivity contribution in [3.63, 3.8) is 0 Å². The molecule has 6 nitrogen and oxygen atoms in total. The molecule has 0 saturated carbocycles. The molecule has 0 aliphatic rings. The first-order valence-electron chi connectivity index (χ1n) is 7.09. The number of carbonyl (C=O) groups is 1. The lowest BCUT2D eigenvalue weighted by atomic mass is 10.0. The maximum atomic E-state index is 12.4. The van der Waals surface area contributed by atoms with Crippen molar-refractivity contribution in [3.8, 4) is 0 Å². The van der Waals surface area contributed by atoms with Crippen molar-refractivity contribution in [1.82, 2.24) is 15.0 Å². The van der Waals surface area contributed by atoms with E-state index in [1.54, 1.807) is 55.0 Å². The van der Waals surface area contributed by atoms with E-state index in [4.69, 9.17) is 5.21 Å². The largest absolute Gasteiger partial charge is 0.299 e. The minimum atomic E-state index is -0.591. The minimum Gasteiger partial charge on any atom is -0.299 e. The van der Waals surface area contributed by atoms with Crippen LogP contribution in [0.3, 0.4) is 0 Å². The summed E-state index contributed by atoms with van der Waals surface area (Å²) >= 11 is 0. The highest BCUT2D eigenvalue weighted by molar-refractivity contribution is 5.94. The van der Waals surface area contributed by atoms with E-state index in [9.17, 15) is 9.59 Å². The number of nitrogens with zero attached hydrogens (tertiary/aromatic N) is 2. The molecule has 0 fully saturated rings. The van der Waals surface area contributed by atoms with Gasteiger partial charge in [0.2, 0.25) is 0 Å². The Morgan fingerprint density at radius 3 is 2.65 bits per heavy atom. The molecule has 1 amide bonds. The molecule has 0 bridgehead atoms. The number of aromatic nitrogens is 2. The predicted octanol–water partition coefficient (Wildman–Crippen LogP) is 1.64. The van der Waals surface area contributed by atoms with E-state index in [1.165, 1.54) is 4.57 Å². The van der Waals surface area contributed by atoms with Crippen LogP contribution in [-0.2, 0) is 13.5 Å². The van der Waals surface area contributed by atoms with Gasteiger partial charge in [-0.3, -0.25) is 19.4 Å². The topological polar surface area (TPSA) is 84.2 Å². The third-order valence-electron chi connectivity index (χ3n) is 3.79. The molecule has 0 aliphatic carbocycles. The lowest BCUT2D eigenvalue weighted by Gasteiger charge is -2.11. The van der Waals surface area contributed by atoms with Gasteiger partial charge in [0.1, 0.15) is 5.82 Å². The monoisotopic (exact) mass is 309 g/mol. The second-order valence-corrected chi connectivity index (χ2v) is 5.18. The van der Waals surface area contributed by atoms with Crippen LogP contribution in [0.2, 0.25) is 0 Å². The maximum Gasteiger partial charge on any atom is 0.274 e. The SMILES string of the molecule is Cn1c(Cc2ccccc2C(=O)NO)nc2ccccc2c1=O. The Bertz CT molecular complexity index is 947. The zero-order valence-corrected chi connectivity index (χ0v) is 12.5. The molecule has 2 N–H and O–H groups in total. The zero-order chi connectivity index (χ0) is 16.4. The summed E-state index contributed by atoms with van der Waals surface area (Å²) in [5, 5.41) is 9.40. The van der Waals surface area contributed by atoms with Crippen molar-refractivity contribution in [2.75, 3.05) is 0 Å². The summed E-state index contributed by atoms with van der Waals surface area (Å²) < 4.78 is 1.48. The number of hydrogen-bond acceptors (Lipinski definition) is 4. The van der Waals surface area contributed by atoms with E-state index >= 15 is 0 Å². The number of hydroxylamine groups is 1. The Kier molecular flexibility index (Phi) is 3.91. The lowest BCUT2D eigenvalue weighted by Crippen LogP contribution is -2.24. The normalized spacial score (nSPS) is 10.7. The molecular formula is C17H15N3O3. The van der Waals surface area contributed by atoms with Gasteiger partial charge in [-0.2, -0.15) is 0 Å². The first-order chi connectivity index (χ1) is 11.1. The number of para-hydroxylation sites is 1. The van der Waals surface area contributed by atoms with Crippen molar-refractivity contribution >= 4 is 16.8 Å². The Morgan fingerprint density at radius 2 is 1.87 bits per heavy atom. The molecule has 23 heavy (non-hydrogen) atoms. The summed E-state index contributed by atoms with van der Waals surface area (Å²) in [5.74, 6) is -0.0433. The maximum absolute atomic E-state index is 12.4.